The zero-order chi connectivity index (χ0) is 11.8. The average Bonchev–Trinajstić information content (AvgIpc) is 2.32. The molecule has 0 aliphatic carbocycles. The van der Waals surface area contributed by atoms with Crippen molar-refractivity contribution in [2.75, 3.05) is 13.1 Å². The van der Waals surface area contributed by atoms with Crippen molar-refractivity contribution in [3.63, 3.8) is 0 Å². The third kappa shape index (κ3) is 3.36. The molecule has 0 saturated heterocycles. The first-order valence-electron chi connectivity index (χ1n) is 5.05. The second-order valence-electron chi connectivity index (χ2n) is 3.21. The molecule has 1 aromatic rings. The molecule has 0 heterocycles. The summed E-state index contributed by atoms with van der Waals surface area (Å²) in [5.41, 5.74) is 5.89. The standard InChI is InChI=1S/C11H15N3O2/c12-7-4-8-13-11(15)10(14-16)9-5-2-1-3-6-9/h1-3,5-6,16H,4,7-8,12H2,(H,13,15)/b14-10-. The van der Waals surface area contributed by atoms with Crippen LogP contribution in [0.3, 0.4) is 0 Å². The predicted octanol–water partition coefficient (Wildman–Crippen LogP) is 0.330. The highest BCUT2D eigenvalue weighted by Crippen LogP contribution is 2.01. The van der Waals surface area contributed by atoms with Gasteiger partial charge in [-0.15, -0.1) is 0 Å². The van der Waals surface area contributed by atoms with E-state index in [1.807, 2.05) is 6.07 Å². The van der Waals surface area contributed by atoms with Gasteiger partial charge >= 0.3 is 0 Å². The van der Waals surface area contributed by atoms with Gasteiger partial charge in [0.15, 0.2) is 5.71 Å². The zero-order valence-electron chi connectivity index (χ0n) is 8.89. The van der Waals surface area contributed by atoms with Crippen LogP contribution in [0.25, 0.3) is 0 Å². The predicted molar refractivity (Wildman–Crippen MR) is 61.4 cm³/mol. The van der Waals surface area contributed by atoms with E-state index in [9.17, 15) is 4.79 Å². The van der Waals surface area contributed by atoms with Gasteiger partial charge in [0, 0.05) is 12.1 Å². The molecule has 0 atom stereocenters. The van der Waals surface area contributed by atoms with Gasteiger partial charge < -0.3 is 16.3 Å². The number of carbonyl (C=O) groups excluding carboxylic acids is 1. The van der Waals surface area contributed by atoms with Gasteiger partial charge in [0.2, 0.25) is 0 Å². The number of nitrogens with one attached hydrogen (secondary N) is 1. The third-order valence-corrected chi connectivity index (χ3v) is 2.03. The molecule has 16 heavy (non-hydrogen) atoms. The smallest absolute Gasteiger partial charge is 0.273 e. The number of hydrogen-bond donors (Lipinski definition) is 3. The van der Waals surface area contributed by atoms with Gasteiger partial charge in [-0.3, -0.25) is 4.79 Å². The Morgan fingerprint density at radius 3 is 2.62 bits per heavy atom. The molecule has 0 aliphatic heterocycles. The van der Waals surface area contributed by atoms with E-state index < -0.39 is 5.91 Å². The Balaban J connectivity index is 2.66. The van der Waals surface area contributed by atoms with Gasteiger partial charge in [0.1, 0.15) is 0 Å². The number of carbonyl (C=O) groups is 1. The first-order chi connectivity index (χ1) is 7.79. The minimum atomic E-state index is -0.401. The Morgan fingerprint density at radius 2 is 2.06 bits per heavy atom. The molecule has 1 rings (SSSR count). The van der Waals surface area contributed by atoms with Crippen molar-refractivity contribution in [1.29, 1.82) is 0 Å². The van der Waals surface area contributed by atoms with Gasteiger partial charge in [-0.25, -0.2) is 0 Å². The number of oxime groups is 1. The highest BCUT2D eigenvalue weighted by molar-refractivity contribution is 6.45. The molecule has 0 aromatic heterocycles. The van der Waals surface area contributed by atoms with Crippen molar-refractivity contribution >= 4 is 11.6 Å². The van der Waals surface area contributed by atoms with Crippen LogP contribution in [0.5, 0.6) is 0 Å². The van der Waals surface area contributed by atoms with Crippen LogP contribution in [-0.2, 0) is 4.79 Å². The van der Waals surface area contributed by atoms with E-state index in [1.54, 1.807) is 24.3 Å². The van der Waals surface area contributed by atoms with Gasteiger partial charge in [-0.05, 0) is 13.0 Å². The fraction of sp³-hybridized carbons (Fsp3) is 0.273. The highest BCUT2D eigenvalue weighted by atomic mass is 16.4. The van der Waals surface area contributed by atoms with E-state index in [0.29, 0.717) is 25.1 Å². The molecular weight excluding hydrogens is 206 g/mol. The first kappa shape index (κ1) is 12.2. The number of rotatable bonds is 5. The summed E-state index contributed by atoms with van der Waals surface area (Å²) in [6, 6.07) is 8.78. The fourth-order valence-electron chi connectivity index (χ4n) is 1.22. The minimum absolute atomic E-state index is 0.0117. The fourth-order valence-corrected chi connectivity index (χ4v) is 1.22. The number of nitrogens with two attached hydrogens (primary N) is 1. The van der Waals surface area contributed by atoms with E-state index in [1.165, 1.54) is 0 Å². The van der Waals surface area contributed by atoms with Crippen molar-refractivity contribution in [3.8, 4) is 0 Å². The SMILES string of the molecule is NCCCNC(=O)/C(=N\O)c1ccccc1. The van der Waals surface area contributed by atoms with Crippen LogP contribution < -0.4 is 11.1 Å². The lowest BCUT2D eigenvalue weighted by Gasteiger charge is -2.05. The van der Waals surface area contributed by atoms with Crippen molar-refractivity contribution in [3.05, 3.63) is 35.9 Å². The second kappa shape index (κ2) is 6.58. The lowest BCUT2D eigenvalue weighted by molar-refractivity contribution is -0.114. The largest absolute Gasteiger partial charge is 0.410 e. The van der Waals surface area contributed by atoms with E-state index in [4.69, 9.17) is 10.9 Å². The molecule has 0 spiro atoms. The van der Waals surface area contributed by atoms with E-state index in [2.05, 4.69) is 10.5 Å². The Kier molecular flexibility index (Phi) is 5.01. The monoisotopic (exact) mass is 221 g/mol. The first-order valence-corrected chi connectivity index (χ1v) is 5.05. The lowest BCUT2D eigenvalue weighted by atomic mass is 10.1. The molecule has 0 saturated carbocycles. The molecule has 5 heteroatoms. The van der Waals surface area contributed by atoms with Crippen LogP contribution in [0, 0.1) is 0 Å². The minimum Gasteiger partial charge on any atom is -0.410 e. The summed E-state index contributed by atoms with van der Waals surface area (Å²) in [6.07, 6.45) is 0.694. The summed E-state index contributed by atoms with van der Waals surface area (Å²) in [5, 5.41) is 14.4. The molecule has 4 N–H and O–H groups in total. The average molecular weight is 221 g/mol. The van der Waals surface area contributed by atoms with Gasteiger partial charge in [-0.1, -0.05) is 35.5 Å². The molecule has 5 nitrogen and oxygen atoms in total. The number of hydrogen-bond acceptors (Lipinski definition) is 4. The summed E-state index contributed by atoms with van der Waals surface area (Å²) in [4.78, 5) is 11.6. The summed E-state index contributed by atoms with van der Waals surface area (Å²) >= 11 is 0. The quantitative estimate of drug-likeness (QED) is 0.290. The van der Waals surface area contributed by atoms with E-state index in [0.717, 1.165) is 0 Å². The maximum absolute atomic E-state index is 11.6. The zero-order valence-corrected chi connectivity index (χ0v) is 8.89. The van der Waals surface area contributed by atoms with Crippen molar-refractivity contribution < 1.29 is 10.0 Å². The molecule has 0 unspecified atom stereocenters. The van der Waals surface area contributed by atoms with Crippen molar-refractivity contribution in [2.24, 2.45) is 10.9 Å². The van der Waals surface area contributed by atoms with E-state index >= 15 is 0 Å². The summed E-state index contributed by atoms with van der Waals surface area (Å²) in [7, 11) is 0. The second-order valence-corrected chi connectivity index (χ2v) is 3.21. The molecule has 0 radical (unpaired) electrons. The van der Waals surface area contributed by atoms with Crippen LogP contribution in [0.1, 0.15) is 12.0 Å². The topological polar surface area (TPSA) is 87.7 Å². The van der Waals surface area contributed by atoms with Gasteiger partial charge in [0.25, 0.3) is 5.91 Å². The number of amides is 1. The molecule has 86 valence electrons. The van der Waals surface area contributed by atoms with Crippen LogP contribution in [-0.4, -0.2) is 29.9 Å². The van der Waals surface area contributed by atoms with Crippen LogP contribution in [0.2, 0.25) is 0 Å². The van der Waals surface area contributed by atoms with E-state index in [-0.39, 0.29) is 5.71 Å². The van der Waals surface area contributed by atoms with Crippen molar-refractivity contribution in [2.45, 2.75) is 6.42 Å². The Morgan fingerprint density at radius 1 is 1.38 bits per heavy atom. The molecule has 0 bridgehead atoms. The van der Waals surface area contributed by atoms with Crippen LogP contribution >= 0.6 is 0 Å². The summed E-state index contributed by atoms with van der Waals surface area (Å²) in [6.45, 7) is 0.985. The highest BCUT2D eigenvalue weighted by Gasteiger charge is 2.13. The van der Waals surface area contributed by atoms with Crippen LogP contribution in [0.4, 0.5) is 0 Å². The van der Waals surface area contributed by atoms with Gasteiger partial charge in [0.05, 0.1) is 0 Å². The third-order valence-electron chi connectivity index (χ3n) is 2.03. The molecule has 0 fully saturated rings. The van der Waals surface area contributed by atoms with Crippen molar-refractivity contribution in [1.82, 2.24) is 5.32 Å². The Hall–Kier alpha value is -1.88. The Labute approximate surface area is 94.0 Å². The summed E-state index contributed by atoms with van der Waals surface area (Å²) in [5.74, 6) is -0.401. The molecular formula is C11H15N3O2. The maximum atomic E-state index is 11.6. The number of nitrogens with zero attached hydrogens (tertiary/aromatic N) is 1. The number of benzene rings is 1. The maximum Gasteiger partial charge on any atom is 0.273 e. The lowest BCUT2D eigenvalue weighted by Crippen LogP contribution is -2.33. The molecule has 1 aromatic carbocycles. The molecule has 1 amide bonds. The molecule has 0 aliphatic rings. The normalized spacial score (nSPS) is 11.2. The van der Waals surface area contributed by atoms with Crippen LogP contribution in [0.15, 0.2) is 35.5 Å². The summed E-state index contributed by atoms with van der Waals surface area (Å²) < 4.78 is 0. The van der Waals surface area contributed by atoms with Gasteiger partial charge in [-0.2, -0.15) is 0 Å². The Bertz CT molecular complexity index is 363.